The van der Waals surface area contributed by atoms with Crippen LogP contribution in [-0.4, -0.2) is 45.3 Å². The van der Waals surface area contributed by atoms with E-state index in [9.17, 15) is 0 Å². The quantitative estimate of drug-likeness (QED) is 0.528. The second-order valence-electron chi connectivity index (χ2n) is 6.69. The maximum Gasteiger partial charge on any atom is 0.194 e. The molecule has 1 saturated carbocycles. The van der Waals surface area contributed by atoms with Gasteiger partial charge in [-0.1, -0.05) is 19.8 Å². The molecule has 0 radical (unpaired) electrons. The molecule has 3 rings (SSSR count). The molecule has 2 aromatic heterocycles. The van der Waals surface area contributed by atoms with Crippen LogP contribution in [0.5, 0.6) is 0 Å². The largest absolute Gasteiger partial charge is 0.354 e. The van der Waals surface area contributed by atoms with Crippen molar-refractivity contribution >= 4 is 33.2 Å². The second kappa shape index (κ2) is 9.50. The summed E-state index contributed by atoms with van der Waals surface area (Å²) < 4.78 is 3.26. The van der Waals surface area contributed by atoms with Crippen LogP contribution in [0.3, 0.4) is 0 Å². The fourth-order valence-electron chi connectivity index (χ4n) is 3.28. The smallest absolute Gasteiger partial charge is 0.194 e. The normalized spacial score (nSPS) is 15.6. The third-order valence-electron chi connectivity index (χ3n) is 4.69. The Labute approximate surface area is 167 Å². The lowest BCUT2D eigenvalue weighted by molar-refractivity contribution is 0.459. The molecule has 2 aromatic rings. The van der Waals surface area contributed by atoms with Gasteiger partial charge in [-0.15, -0.1) is 21.5 Å². The van der Waals surface area contributed by atoms with Crippen LogP contribution in [0.2, 0.25) is 0 Å². The minimum absolute atomic E-state index is 0.549. The highest BCUT2D eigenvalue weighted by molar-refractivity contribution is 9.11. The Hall–Kier alpha value is -1.41. The molecule has 0 atom stereocenters. The van der Waals surface area contributed by atoms with E-state index in [0.717, 1.165) is 37.8 Å². The van der Waals surface area contributed by atoms with Gasteiger partial charge in [0.15, 0.2) is 5.96 Å². The van der Waals surface area contributed by atoms with E-state index in [2.05, 4.69) is 67.0 Å². The van der Waals surface area contributed by atoms with E-state index in [1.807, 2.05) is 0 Å². The van der Waals surface area contributed by atoms with Crippen molar-refractivity contribution < 1.29 is 0 Å². The molecule has 0 spiro atoms. The zero-order valence-electron chi connectivity index (χ0n) is 15.5. The molecule has 1 N–H and O–H groups in total. The standard InChI is InChI=1S/C18H27BrN6S/c1-3-17-23-21-13-25(17)11-10-20-18(22-14-6-4-5-7-14)24(2)12-15-8-9-16(19)26-15/h8-9,13-14H,3-7,10-12H2,1-2H3,(H,20,22). The molecule has 1 aliphatic carbocycles. The molecule has 142 valence electrons. The summed E-state index contributed by atoms with van der Waals surface area (Å²) >= 11 is 5.32. The van der Waals surface area contributed by atoms with Crippen LogP contribution in [0.4, 0.5) is 0 Å². The van der Waals surface area contributed by atoms with Gasteiger partial charge in [-0.2, -0.15) is 0 Å². The van der Waals surface area contributed by atoms with Crippen LogP contribution in [-0.2, 0) is 19.5 Å². The molecule has 0 aromatic carbocycles. The first-order chi connectivity index (χ1) is 12.7. The van der Waals surface area contributed by atoms with Crippen LogP contribution < -0.4 is 5.32 Å². The van der Waals surface area contributed by atoms with Gasteiger partial charge in [-0.25, -0.2) is 0 Å². The van der Waals surface area contributed by atoms with Gasteiger partial charge < -0.3 is 14.8 Å². The number of rotatable bonds is 7. The van der Waals surface area contributed by atoms with Gasteiger partial charge in [0.05, 0.1) is 16.9 Å². The fourth-order valence-corrected chi connectivity index (χ4v) is 4.81. The van der Waals surface area contributed by atoms with E-state index in [1.165, 1.54) is 34.3 Å². The molecular weight excluding hydrogens is 412 g/mol. The zero-order valence-corrected chi connectivity index (χ0v) is 17.9. The maximum atomic E-state index is 4.89. The zero-order chi connectivity index (χ0) is 18.4. The van der Waals surface area contributed by atoms with Crippen molar-refractivity contribution in [1.29, 1.82) is 0 Å². The predicted molar refractivity (Wildman–Crippen MR) is 111 cm³/mol. The molecule has 6 nitrogen and oxygen atoms in total. The first-order valence-corrected chi connectivity index (χ1v) is 10.9. The van der Waals surface area contributed by atoms with Crippen molar-refractivity contribution in [3.8, 4) is 0 Å². The molecule has 1 aliphatic rings. The summed E-state index contributed by atoms with van der Waals surface area (Å²) in [7, 11) is 2.12. The molecule has 26 heavy (non-hydrogen) atoms. The topological polar surface area (TPSA) is 58.3 Å². The van der Waals surface area contributed by atoms with Crippen molar-refractivity contribution in [2.24, 2.45) is 4.99 Å². The van der Waals surface area contributed by atoms with Gasteiger partial charge in [-0.3, -0.25) is 4.99 Å². The van der Waals surface area contributed by atoms with Crippen LogP contribution >= 0.6 is 27.3 Å². The van der Waals surface area contributed by atoms with Gasteiger partial charge in [0.1, 0.15) is 12.2 Å². The van der Waals surface area contributed by atoms with Crippen molar-refractivity contribution in [2.75, 3.05) is 13.6 Å². The molecule has 8 heteroatoms. The molecule has 0 unspecified atom stereocenters. The summed E-state index contributed by atoms with van der Waals surface area (Å²) in [6.45, 7) is 4.49. The minimum atomic E-state index is 0.549. The van der Waals surface area contributed by atoms with E-state index in [1.54, 1.807) is 17.7 Å². The lowest BCUT2D eigenvalue weighted by Crippen LogP contribution is -2.43. The third-order valence-corrected chi connectivity index (χ3v) is 6.29. The van der Waals surface area contributed by atoms with Gasteiger partial charge in [0.25, 0.3) is 0 Å². The Morgan fingerprint density at radius 1 is 1.42 bits per heavy atom. The molecular formula is C18H27BrN6S. The third kappa shape index (κ3) is 5.30. The molecule has 0 aliphatic heterocycles. The number of nitrogens with one attached hydrogen (secondary N) is 1. The van der Waals surface area contributed by atoms with Crippen molar-refractivity contribution in [1.82, 2.24) is 25.0 Å². The monoisotopic (exact) mass is 438 g/mol. The molecule has 1 fully saturated rings. The van der Waals surface area contributed by atoms with Crippen LogP contribution in [0.1, 0.15) is 43.3 Å². The summed E-state index contributed by atoms with van der Waals surface area (Å²) in [5.41, 5.74) is 0. The Kier molecular flexibility index (Phi) is 7.07. The van der Waals surface area contributed by atoms with E-state index in [-0.39, 0.29) is 0 Å². The molecule has 0 bridgehead atoms. The summed E-state index contributed by atoms with van der Waals surface area (Å²) in [4.78, 5) is 8.44. The Morgan fingerprint density at radius 3 is 2.92 bits per heavy atom. The molecule has 0 amide bonds. The number of aryl methyl sites for hydroxylation is 1. The van der Waals surface area contributed by atoms with E-state index < -0.39 is 0 Å². The van der Waals surface area contributed by atoms with E-state index in [4.69, 9.17) is 4.99 Å². The summed E-state index contributed by atoms with van der Waals surface area (Å²) in [5.74, 6) is 2.01. The number of hydrogen-bond donors (Lipinski definition) is 1. The number of guanidine groups is 1. The Balaban J connectivity index is 1.64. The number of aromatic nitrogens is 3. The summed E-state index contributed by atoms with van der Waals surface area (Å²) in [6, 6.07) is 4.82. The predicted octanol–water partition coefficient (Wildman–Crippen LogP) is 3.68. The number of halogens is 1. The van der Waals surface area contributed by atoms with E-state index in [0.29, 0.717) is 6.04 Å². The van der Waals surface area contributed by atoms with Gasteiger partial charge in [-0.05, 0) is 40.9 Å². The van der Waals surface area contributed by atoms with Crippen molar-refractivity contribution in [3.63, 3.8) is 0 Å². The summed E-state index contributed by atoms with van der Waals surface area (Å²) in [5, 5.41) is 11.8. The SMILES string of the molecule is CCc1nncn1CCN=C(NC1CCCC1)N(C)Cc1ccc(Br)s1. The van der Waals surface area contributed by atoms with Crippen LogP contribution in [0.25, 0.3) is 0 Å². The average molecular weight is 439 g/mol. The van der Waals surface area contributed by atoms with Gasteiger partial charge in [0.2, 0.25) is 0 Å². The highest BCUT2D eigenvalue weighted by Gasteiger charge is 2.18. The second-order valence-corrected chi connectivity index (χ2v) is 9.23. The average Bonchev–Trinajstić information content (AvgIpc) is 3.36. The fraction of sp³-hybridized carbons (Fsp3) is 0.611. The van der Waals surface area contributed by atoms with E-state index >= 15 is 0 Å². The van der Waals surface area contributed by atoms with Crippen LogP contribution in [0.15, 0.2) is 27.2 Å². The van der Waals surface area contributed by atoms with Gasteiger partial charge in [0, 0.05) is 30.9 Å². The number of nitrogens with zero attached hydrogens (tertiary/aromatic N) is 5. The number of thiophene rings is 1. The maximum absolute atomic E-state index is 4.89. The Morgan fingerprint density at radius 2 is 2.23 bits per heavy atom. The first kappa shape index (κ1) is 19.4. The van der Waals surface area contributed by atoms with Crippen molar-refractivity contribution in [2.45, 2.75) is 58.2 Å². The highest BCUT2D eigenvalue weighted by atomic mass is 79.9. The highest BCUT2D eigenvalue weighted by Crippen LogP contribution is 2.23. The molecule has 0 saturated heterocycles. The lowest BCUT2D eigenvalue weighted by Gasteiger charge is -2.25. The lowest BCUT2D eigenvalue weighted by atomic mass is 10.2. The Bertz CT molecular complexity index is 719. The molecule has 2 heterocycles. The first-order valence-electron chi connectivity index (χ1n) is 9.28. The number of hydrogen-bond acceptors (Lipinski definition) is 4. The summed E-state index contributed by atoms with van der Waals surface area (Å²) in [6.07, 6.45) is 7.79. The van der Waals surface area contributed by atoms with Crippen molar-refractivity contribution in [3.05, 3.63) is 32.9 Å². The van der Waals surface area contributed by atoms with Gasteiger partial charge >= 0.3 is 0 Å². The van der Waals surface area contributed by atoms with Crippen LogP contribution in [0, 0.1) is 0 Å². The minimum Gasteiger partial charge on any atom is -0.354 e. The number of aliphatic imine (C=N–C) groups is 1.